The minimum absolute atomic E-state index is 0.537. The first-order valence-corrected chi connectivity index (χ1v) is 10.2. The van der Waals surface area contributed by atoms with Crippen molar-refractivity contribution in [2.45, 2.75) is 32.2 Å². The number of nitrogens with zero attached hydrogens (tertiary/aromatic N) is 6. The second-order valence-electron chi connectivity index (χ2n) is 7.39. The molecule has 7 heteroatoms. The van der Waals surface area contributed by atoms with E-state index in [2.05, 4.69) is 56.2 Å². The van der Waals surface area contributed by atoms with E-state index in [1.165, 1.54) is 11.1 Å². The number of fused-ring (bicyclic) bond motifs is 1. The van der Waals surface area contributed by atoms with Gasteiger partial charge in [-0.15, -0.1) is 0 Å². The van der Waals surface area contributed by atoms with Crippen molar-refractivity contribution in [3.63, 3.8) is 0 Å². The van der Waals surface area contributed by atoms with Crippen molar-refractivity contribution in [3.8, 4) is 0 Å². The fraction of sp³-hybridized carbons (Fsp3) is 0.476. The number of para-hydroxylation sites is 2. The molecule has 1 unspecified atom stereocenters. The van der Waals surface area contributed by atoms with Gasteiger partial charge in [-0.05, 0) is 37.5 Å². The number of aryl methyl sites for hydroxylation is 2. The van der Waals surface area contributed by atoms with Crippen molar-refractivity contribution in [1.29, 1.82) is 0 Å². The van der Waals surface area contributed by atoms with Gasteiger partial charge in [-0.25, -0.2) is 4.98 Å². The lowest BCUT2D eigenvalue weighted by molar-refractivity contribution is 0.485. The predicted molar refractivity (Wildman–Crippen MR) is 112 cm³/mol. The van der Waals surface area contributed by atoms with Gasteiger partial charge in [0.15, 0.2) is 5.96 Å². The van der Waals surface area contributed by atoms with Crippen molar-refractivity contribution in [2.24, 2.45) is 12.0 Å². The Morgan fingerprint density at radius 1 is 1.32 bits per heavy atom. The van der Waals surface area contributed by atoms with E-state index in [-0.39, 0.29) is 0 Å². The molecule has 0 amide bonds. The van der Waals surface area contributed by atoms with Gasteiger partial charge in [0.05, 0.1) is 23.6 Å². The van der Waals surface area contributed by atoms with Crippen molar-refractivity contribution in [3.05, 3.63) is 48.5 Å². The van der Waals surface area contributed by atoms with Gasteiger partial charge in [-0.1, -0.05) is 12.1 Å². The first kappa shape index (κ1) is 18.5. The normalized spacial score (nSPS) is 17.6. The molecule has 2 aromatic heterocycles. The first-order chi connectivity index (χ1) is 13.7. The molecule has 148 valence electrons. The summed E-state index contributed by atoms with van der Waals surface area (Å²) in [6, 6.07) is 8.27. The Morgan fingerprint density at radius 2 is 2.21 bits per heavy atom. The smallest absolute Gasteiger partial charge is 0.193 e. The SMILES string of the molecule is CCNC(=NCCCn1cnc2ccccc21)N1CCC(c2cnn(C)c2)C1. The monoisotopic (exact) mass is 379 g/mol. The molecule has 0 saturated carbocycles. The largest absolute Gasteiger partial charge is 0.357 e. The molecule has 7 nitrogen and oxygen atoms in total. The quantitative estimate of drug-likeness (QED) is 0.406. The third-order valence-electron chi connectivity index (χ3n) is 5.36. The number of aromatic nitrogens is 4. The Balaban J connectivity index is 1.34. The minimum Gasteiger partial charge on any atom is -0.357 e. The van der Waals surface area contributed by atoms with Crippen LogP contribution >= 0.6 is 0 Å². The number of hydrogen-bond acceptors (Lipinski definition) is 3. The molecule has 4 rings (SSSR count). The van der Waals surface area contributed by atoms with Crippen LogP contribution in [0.2, 0.25) is 0 Å². The average molecular weight is 380 g/mol. The lowest BCUT2D eigenvalue weighted by atomic mass is 10.0. The van der Waals surface area contributed by atoms with Gasteiger partial charge in [-0.3, -0.25) is 9.67 Å². The molecule has 1 aromatic carbocycles. The summed E-state index contributed by atoms with van der Waals surface area (Å²) in [5.74, 6) is 1.57. The maximum Gasteiger partial charge on any atom is 0.193 e. The Labute approximate surface area is 166 Å². The lowest BCUT2D eigenvalue weighted by Gasteiger charge is -2.21. The third kappa shape index (κ3) is 4.03. The fourth-order valence-electron chi connectivity index (χ4n) is 3.92. The fourth-order valence-corrected chi connectivity index (χ4v) is 3.92. The second kappa shape index (κ2) is 8.46. The number of rotatable bonds is 6. The summed E-state index contributed by atoms with van der Waals surface area (Å²) in [6.45, 7) is 6.80. The van der Waals surface area contributed by atoms with Crippen molar-refractivity contribution < 1.29 is 0 Å². The highest BCUT2D eigenvalue weighted by Crippen LogP contribution is 2.26. The zero-order valence-corrected chi connectivity index (χ0v) is 16.8. The summed E-state index contributed by atoms with van der Waals surface area (Å²) in [6.07, 6.45) is 8.20. The van der Waals surface area contributed by atoms with Crippen LogP contribution in [0.5, 0.6) is 0 Å². The van der Waals surface area contributed by atoms with Crippen LogP contribution in [0, 0.1) is 0 Å². The predicted octanol–water partition coefficient (Wildman–Crippen LogP) is 2.61. The van der Waals surface area contributed by atoms with Crippen LogP contribution in [-0.4, -0.2) is 56.4 Å². The van der Waals surface area contributed by atoms with Gasteiger partial charge in [0.25, 0.3) is 0 Å². The molecule has 0 radical (unpaired) electrons. The van der Waals surface area contributed by atoms with Crippen molar-refractivity contribution >= 4 is 17.0 Å². The van der Waals surface area contributed by atoms with Crippen LogP contribution in [0.4, 0.5) is 0 Å². The van der Waals surface area contributed by atoms with Gasteiger partial charge >= 0.3 is 0 Å². The molecule has 1 fully saturated rings. The Morgan fingerprint density at radius 3 is 3.04 bits per heavy atom. The van der Waals surface area contributed by atoms with Crippen LogP contribution in [0.3, 0.4) is 0 Å². The number of benzene rings is 1. The molecule has 1 N–H and O–H groups in total. The average Bonchev–Trinajstić information content (AvgIpc) is 3.44. The zero-order chi connectivity index (χ0) is 19.3. The number of guanidine groups is 1. The van der Waals surface area contributed by atoms with Crippen LogP contribution in [0.15, 0.2) is 48.0 Å². The summed E-state index contributed by atoms with van der Waals surface area (Å²) in [4.78, 5) is 11.7. The number of imidazole rings is 1. The molecule has 3 heterocycles. The van der Waals surface area contributed by atoms with Gasteiger partial charge in [0, 0.05) is 51.9 Å². The molecule has 0 aliphatic carbocycles. The van der Waals surface area contributed by atoms with E-state index in [0.717, 1.165) is 57.0 Å². The van der Waals surface area contributed by atoms with E-state index in [9.17, 15) is 0 Å². The maximum absolute atomic E-state index is 4.89. The molecule has 0 bridgehead atoms. The highest BCUT2D eigenvalue weighted by atomic mass is 15.3. The third-order valence-corrected chi connectivity index (χ3v) is 5.36. The van der Waals surface area contributed by atoms with E-state index in [1.807, 2.05) is 30.3 Å². The van der Waals surface area contributed by atoms with Gasteiger partial charge in [0.1, 0.15) is 0 Å². The van der Waals surface area contributed by atoms with E-state index in [1.54, 1.807) is 0 Å². The molecule has 0 spiro atoms. The van der Waals surface area contributed by atoms with E-state index < -0.39 is 0 Å². The maximum atomic E-state index is 4.89. The number of aliphatic imine (C=N–C) groups is 1. The van der Waals surface area contributed by atoms with Crippen molar-refractivity contribution in [2.75, 3.05) is 26.2 Å². The first-order valence-electron chi connectivity index (χ1n) is 10.2. The zero-order valence-electron chi connectivity index (χ0n) is 16.8. The van der Waals surface area contributed by atoms with Gasteiger partial charge in [-0.2, -0.15) is 5.10 Å². The van der Waals surface area contributed by atoms with Crippen LogP contribution < -0.4 is 5.32 Å². The minimum atomic E-state index is 0.537. The molecule has 1 aliphatic rings. The van der Waals surface area contributed by atoms with Crippen LogP contribution in [0.1, 0.15) is 31.2 Å². The Hall–Kier alpha value is -2.83. The second-order valence-corrected chi connectivity index (χ2v) is 7.39. The molecule has 1 aliphatic heterocycles. The van der Waals surface area contributed by atoms with Gasteiger partial charge < -0.3 is 14.8 Å². The lowest BCUT2D eigenvalue weighted by Crippen LogP contribution is -2.40. The number of hydrogen-bond donors (Lipinski definition) is 1. The summed E-state index contributed by atoms with van der Waals surface area (Å²) in [5.41, 5.74) is 3.57. The summed E-state index contributed by atoms with van der Waals surface area (Å²) < 4.78 is 4.10. The molecule has 3 aromatic rings. The molecule has 1 atom stereocenters. The van der Waals surface area contributed by atoms with Crippen molar-refractivity contribution in [1.82, 2.24) is 29.5 Å². The number of nitrogens with one attached hydrogen (secondary N) is 1. The molecular formula is C21H29N7. The van der Waals surface area contributed by atoms with Gasteiger partial charge in [0.2, 0.25) is 0 Å². The molecule has 1 saturated heterocycles. The van der Waals surface area contributed by atoms with E-state index in [0.29, 0.717) is 5.92 Å². The van der Waals surface area contributed by atoms with Crippen LogP contribution in [-0.2, 0) is 13.6 Å². The Kier molecular flexibility index (Phi) is 5.60. The molecule has 28 heavy (non-hydrogen) atoms. The van der Waals surface area contributed by atoms with E-state index in [4.69, 9.17) is 4.99 Å². The Bertz CT molecular complexity index is 939. The topological polar surface area (TPSA) is 63.3 Å². The number of likely N-dealkylation sites (tertiary alicyclic amines) is 1. The summed E-state index contributed by atoms with van der Waals surface area (Å²) in [5, 5.41) is 7.78. The standard InChI is InChI=1S/C21H29N7/c1-3-22-21(27-12-9-17(15-27)18-13-25-26(2)14-18)23-10-6-11-28-16-24-19-7-4-5-8-20(19)28/h4-5,7-8,13-14,16-17H,3,6,9-12,15H2,1-2H3,(H,22,23). The van der Waals surface area contributed by atoms with E-state index >= 15 is 0 Å². The van der Waals surface area contributed by atoms with Crippen LogP contribution in [0.25, 0.3) is 11.0 Å². The highest BCUT2D eigenvalue weighted by molar-refractivity contribution is 5.80. The highest BCUT2D eigenvalue weighted by Gasteiger charge is 2.26. The summed E-state index contributed by atoms with van der Waals surface area (Å²) >= 11 is 0. The molecular weight excluding hydrogens is 350 g/mol. The summed E-state index contributed by atoms with van der Waals surface area (Å²) in [7, 11) is 1.98.